The number of fused-ring (bicyclic) bond motifs is 1. The van der Waals surface area contributed by atoms with E-state index in [1.807, 2.05) is 40.1 Å². The summed E-state index contributed by atoms with van der Waals surface area (Å²) >= 11 is 12.4. The van der Waals surface area contributed by atoms with E-state index >= 15 is 0 Å². The molecule has 244 valence electrons. The Labute approximate surface area is 277 Å². The predicted molar refractivity (Wildman–Crippen MR) is 178 cm³/mol. The van der Waals surface area contributed by atoms with Crippen LogP contribution in [-0.4, -0.2) is 90.7 Å². The molecule has 45 heavy (non-hydrogen) atoms. The van der Waals surface area contributed by atoms with Crippen LogP contribution in [0.25, 0.3) is 0 Å². The fourth-order valence-electron chi connectivity index (χ4n) is 7.47. The Morgan fingerprint density at radius 1 is 0.867 bits per heavy atom. The Morgan fingerprint density at radius 2 is 1.56 bits per heavy atom. The van der Waals surface area contributed by atoms with E-state index in [1.54, 1.807) is 17.0 Å². The van der Waals surface area contributed by atoms with E-state index in [2.05, 4.69) is 10.6 Å². The van der Waals surface area contributed by atoms with Gasteiger partial charge in [0.25, 0.3) is 5.91 Å². The maximum absolute atomic E-state index is 13.9. The van der Waals surface area contributed by atoms with Crippen molar-refractivity contribution in [1.29, 1.82) is 0 Å². The molecule has 0 spiro atoms. The van der Waals surface area contributed by atoms with Crippen molar-refractivity contribution >= 4 is 46.9 Å². The topological polar surface area (TPSA) is 94.2 Å². The number of rotatable bonds is 6. The van der Waals surface area contributed by atoms with Gasteiger partial charge in [-0.25, -0.2) is 9.59 Å². The normalized spacial score (nSPS) is 21.1. The summed E-state index contributed by atoms with van der Waals surface area (Å²) in [5, 5.41) is 7.32. The Bertz CT molecular complexity index is 1380. The van der Waals surface area contributed by atoms with Crippen molar-refractivity contribution < 1.29 is 20.5 Å². The number of benzene rings is 2. The number of hydrogen-bond acceptors (Lipinski definition) is 5. The highest BCUT2D eigenvalue weighted by Gasteiger charge is 2.36. The van der Waals surface area contributed by atoms with Crippen LogP contribution in [0.3, 0.4) is 0 Å². The largest absolute Gasteiger partial charge is 0.436 e. The van der Waals surface area contributed by atoms with E-state index in [0.717, 1.165) is 49.2 Å². The zero-order valence-electron chi connectivity index (χ0n) is 25.7. The number of nitrogens with zero attached hydrogens (tertiary/aromatic N) is 3. The second-order valence-corrected chi connectivity index (χ2v) is 13.6. The molecule has 3 saturated heterocycles. The summed E-state index contributed by atoms with van der Waals surface area (Å²) in [6, 6.07) is 13.1. The zero-order chi connectivity index (χ0) is 31.3. The van der Waals surface area contributed by atoms with Gasteiger partial charge in [-0.05, 0) is 99.2 Å². The van der Waals surface area contributed by atoms with E-state index < -0.39 is 12.2 Å². The lowest BCUT2D eigenvalue weighted by Crippen LogP contribution is -2.52. The van der Waals surface area contributed by atoms with Crippen LogP contribution in [-0.2, 0) is 22.4 Å². The van der Waals surface area contributed by atoms with E-state index in [1.165, 1.54) is 12.8 Å². The van der Waals surface area contributed by atoms with E-state index in [4.69, 9.17) is 27.9 Å². The first-order valence-corrected chi connectivity index (χ1v) is 17.2. The zero-order valence-corrected chi connectivity index (χ0v) is 27.2. The van der Waals surface area contributed by atoms with Gasteiger partial charge in [-0.2, -0.15) is 0 Å². The summed E-state index contributed by atoms with van der Waals surface area (Å²) < 4.78 is 6.00. The molecule has 1 atom stereocenters. The van der Waals surface area contributed by atoms with Gasteiger partial charge in [-0.3, -0.25) is 4.79 Å². The summed E-state index contributed by atoms with van der Waals surface area (Å²) in [6.45, 7) is 5.04. The molecule has 0 bridgehead atoms. The van der Waals surface area contributed by atoms with Crippen LogP contribution in [0.4, 0.5) is 15.3 Å². The highest BCUT2D eigenvalue weighted by atomic mass is 35.5. The van der Waals surface area contributed by atoms with Crippen molar-refractivity contribution in [3.8, 4) is 0 Å². The number of urea groups is 1. The number of anilines is 1. The van der Waals surface area contributed by atoms with E-state index in [-0.39, 0.29) is 25.8 Å². The van der Waals surface area contributed by atoms with Gasteiger partial charge in [0.15, 0.2) is 6.10 Å². The molecule has 0 aromatic heterocycles. The number of halogens is 2. The van der Waals surface area contributed by atoms with Crippen molar-refractivity contribution in [1.82, 2.24) is 20.0 Å². The molecule has 4 aliphatic rings. The average molecular weight is 659 g/mol. The Morgan fingerprint density at radius 3 is 2.29 bits per heavy atom. The molecule has 4 heterocycles. The number of para-hydroxylation sites is 1. The Kier molecular flexibility index (Phi) is 10.4. The molecule has 2 aromatic rings. The number of carbonyl (C=O) groups excluding carboxylic acids is 3. The predicted octanol–water partition coefficient (Wildman–Crippen LogP) is 6.08. The Hall–Kier alpha value is -3.01. The van der Waals surface area contributed by atoms with Crippen molar-refractivity contribution in [2.45, 2.75) is 63.5 Å². The molecule has 9 nitrogen and oxygen atoms in total. The van der Waals surface area contributed by atoms with Gasteiger partial charge < -0.3 is 30.1 Å². The van der Waals surface area contributed by atoms with Crippen molar-refractivity contribution in [3.63, 3.8) is 0 Å². The van der Waals surface area contributed by atoms with Crippen molar-refractivity contribution in [2.24, 2.45) is 11.8 Å². The van der Waals surface area contributed by atoms with Crippen LogP contribution in [0, 0.1) is 11.8 Å². The standard InChI is InChI=1S/C34H43Cl2N5O4.H2/c35-28-6-5-23(21-29(28)36)22-31(32(42)39-16-9-25(10-17-39)24-7-14-37-15-8-24)45-34(44)40-18-12-27(13-19-40)41-20-11-26-3-1-2-4-30(26)38-33(41)43;/h1-6,21,24-25,27,31,37H,7-20,22H2,(H,38,43);1H/t31-;/m1./s1. The third-order valence-corrected chi connectivity index (χ3v) is 10.9. The van der Waals surface area contributed by atoms with Crippen LogP contribution < -0.4 is 10.6 Å². The molecule has 2 N–H and O–H groups in total. The first-order valence-electron chi connectivity index (χ1n) is 16.4. The summed E-state index contributed by atoms with van der Waals surface area (Å²) in [6.07, 6.45) is 5.20. The second-order valence-electron chi connectivity index (χ2n) is 12.8. The lowest BCUT2D eigenvalue weighted by molar-refractivity contribution is -0.142. The number of nitrogens with one attached hydrogen (secondary N) is 2. The molecule has 6 rings (SSSR count). The monoisotopic (exact) mass is 657 g/mol. The molecule has 11 heteroatoms. The minimum atomic E-state index is -0.960. The van der Waals surface area contributed by atoms with Gasteiger partial charge in [0.1, 0.15) is 0 Å². The fraction of sp³-hybridized carbons (Fsp3) is 0.559. The summed E-state index contributed by atoms with van der Waals surface area (Å²) in [4.78, 5) is 45.9. The molecule has 0 aliphatic carbocycles. The summed E-state index contributed by atoms with van der Waals surface area (Å²) in [7, 11) is 0. The van der Waals surface area contributed by atoms with Crippen molar-refractivity contribution in [2.75, 3.05) is 51.1 Å². The molecule has 0 saturated carbocycles. The maximum atomic E-state index is 13.9. The smallest absolute Gasteiger partial charge is 0.410 e. The number of ether oxygens (including phenoxy) is 1. The SMILES string of the molecule is O=C(O[C@H](Cc1ccc(Cl)c(Cl)c1)C(=O)N1CCC(C2CCNCC2)CC1)N1CCC(N2CCc3ccccc3NC2=O)CC1.[HH]. The second kappa shape index (κ2) is 14.6. The van der Waals surface area contributed by atoms with Gasteiger partial charge in [0.05, 0.1) is 10.0 Å². The highest BCUT2D eigenvalue weighted by molar-refractivity contribution is 6.42. The molecule has 3 fully saturated rings. The Balaban J connectivity index is 0.00000417. The molecule has 4 aliphatic heterocycles. The van der Waals surface area contributed by atoms with Crippen LogP contribution in [0.5, 0.6) is 0 Å². The maximum Gasteiger partial charge on any atom is 0.410 e. The third kappa shape index (κ3) is 7.69. The lowest BCUT2D eigenvalue weighted by Gasteiger charge is -2.39. The van der Waals surface area contributed by atoms with Gasteiger partial charge in [-0.1, -0.05) is 47.5 Å². The summed E-state index contributed by atoms with van der Waals surface area (Å²) in [5.74, 6) is 1.19. The number of amides is 4. The minimum absolute atomic E-state index is 0. The number of hydrogen-bond donors (Lipinski definition) is 2. The van der Waals surface area contributed by atoms with Crippen LogP contribution in [0.2, 0.25) is 10.0 Å². The summed E-state index contributed by atoms with van der Waals surface area (Å²) in [5.41, 5.74) is 2.77. The number of likely N-dealkylation sites (tertiary alicyclic amines) is 2. The van der Waals surface area contributed by atoms with Crippen LogP contribution >= 0.6 is 23.2 Å². The van der Waals surface area contributed by atoms with E-state index in [9.17, 15) is 14.4 Å². The first-order chi connectivity index (χ1) is 21.9. The quantitative estimate of drug-likeness (QED) is 0.393. The molecule has 4 amide bonds. The third-order valence-electron chi connectivity index (χ3n) is 10.1. The van der Waals surface area contributed by atoms with Gasteiger partial charge in [0, 0.05) is 52.3 Å². The van der Waals surface area contributed by atoms with Crippen molar-refractivity contribution in [3.05, 3.63) is 63.6 Å². The van der Waals surface area contributed by atoms with Crippen LogP contribution in [0.15, 0.2) is 42.5 Å². The lowest BCUT2D eigenvalue weighted by atomic mass is 9.79. The van der Waals surface area contributed by atoms with Gasteiger partial charge >= 0.3 is 12.1 Å². The van der Waals surface area contributed by atoms with Gasteiger partial charge in [0.2, 0.25) is 0 Å². The van der Waals surface area contributed by atoms with Crippen LogP contribution in [0.1, 0.15) is 51.1 Å². The van der Waals surface area contributed by atoms with E-state index in [0.29, 0.717) is 67.4 Å². The molecule has 2 aromatic carbocycles. The fourth-order valence-corrected chi connectivity index (χ4v) is 7.79. The first kappa shape index (κ1) is 32.0. The highest BCUT2D eigenvalue weighted by Crippen LogP contribution is 2.32. The van der Waals surface area contributed by atoms with Gasteiger partial charge in [-0.15, -0.1) is 0 Å². The molecule has 0 unspecified atom stereocenters. The molecule has 0 radical (unpaired) electrons. The molecular weight excluding hydrogens is 613 g/mol. The molecular formula is C34H45Cl2N5O4. The number of piperidine rings is 3. The average Bonchev–Trinajstić information content (AvgIpc) is 3.24. The minimum Gasteiger partial charge on any atom is -0.436 e. The number of carbonyl (C=O) groups is 3.